The highest BCUT2D eigenvalue weighted by molar-refractivity contribution is 7.92. The third-order valence-corrected chi connectivity index (χ3v) is 8.26. The van der Waals surface area contributed by atoms with Crippen molar-refractivity contribution in [3.05, 3.63) is 48.3 Å². The highest BCUT2D eigenvalue weighted by Gasteiger charge is 2.21. The smallest absolute Gasteiger partial charge is 0.242 e. The number of hydrogen-bond acceptors (Lipinski definition) is 7. The van der Waals surface area contributed by atoms with E-state index >= 15 is 0 Å². The van der Waals surface area contributed by atoms with Gasteiger partial charge in [-0.3, -0.25) is 4.79 Å². The van der Waals surface area contributed by atoms with Gasteiger partial charge in [0, 0.05) is 14.1 Å². The van der Waals surface area contributed by atoms with Crippen LogP contribution >= 0.6 is 11.3 Å². The fourth-order valence-corrected chi connectivity index (χ4v) is 5.44. The van der Waals surface area contributed by atoms with Gasteiger partial charge >= 0.3 is 0 Å². The van der Waals surface area contributed by atoms with Crippen LogP contribution in [0.2, 0.25) is 0 Å². The van der Waals surface area contributed by atoms with E-state index in [4.69, 9.17) is 0 Å². The summed E-state index contributed by atoms with van der Waals surface area (Å²) in [5, 5.41) is 2.54. The van der Waals surface area contributed by atoms with Gasteiger partial charge in [-0.2, -0.15) is 0 Å². The van der Waals surface area contributed by atoms with Crippen LogP contribution in [0.3, 0.4) is 0 Å². The van der Waals surface area contributed by atoms with E-state index in [2.05, 4.69) is 10.3 Å². The Morgan fingerprint density at radius 3 is 2.31 bits per heavy atom. The number of halogens is 1. The molecular formula is C17H16FN3O5S3. The second-order valence-corrected chi connectivity index (χ2v) is 11.4. The molecule has 2 aromatic carbocycles. The quantitative estimate of drug-likeness (QED) is 0.567. The van der Waals surface area contributed by atoms with Crippen LogP contribution in [0.25, 0.3) is 10.2 Å². The maximum absolute atomic E-state index is 13.0. The largest absolute Gasteiger partial charge is 0.301 e. The number of sulfonamides is 1. The van der Waals surface area contributed by atoms with E-state index in [9.17, 15) is 26.0 Å². The molecule has 8 nitrogen and oxygen atoms in total. The predicted octanol–water partition coefficient (Wildman–Crippen LogP) is 2.10. The Balaban J connectivity index is 1.79. The Bertz CT molecular complexity index is 1280. The van der Waals surface area contributed by atoms with E-state index < -0.39 is 37.3 Å². The van der Waals surface area contributed by atoms with Crippen LogP contribution in [0.4, 0.5) is 9.52 Å². The first kappa shape index (κ1) is 21.3. The summed E-state index contributed by atoms with van der Waals surface area (Å²) in [7, 11) is -4.74. The lowest BCUT2D eigenvalue weighted by Gasteiger charge is -2.10. The van der Waals surface area contributed by atoms with Crippen molar-refractivity contribution in [2.24, 2.45) is 0 Å². The fourth-order valence-electron chi connectivity index (χ4n) is 2.38. The van der Waals surface area contributed by atoms with E-state index in [1.165, 1.54) is 32.3 Å². The van der Waals surface area contributed by atoms with Crippen LogP contribution in [-0.4, -0.2) is 51.9 Å². The number of aromatic nitrogens is 1. The molecule has 12 heteroatoms. The van der Waals surface area contributed by atoms with Crippen molar-refractivity contribution in [1.29, 1.82) is 0 Å². The molecule has 0 atom stereocenters. The van der Waals surface area contributed by atoms with Crippen LogP contribution in [0.15, 0.2) is 52.3 Å². The van der Waals surface area contributed by atoms with E-state index in [-0.39, 0.29) is 14.9 Å². The van der Waals surface area contributed by atoms with Crippen molar-refractivity contribution in [2.75, 3.05) is 25.2 Å². The van der Waals surface area contributed by atoms with Crippen LogP contribution in [0.5, 0.6) is 0 Å². The number of rotatable bonds is 6. The SMILES string of the molecule is CN(C)S(=O)(=O)c1ccc2nc(NC(=O)CS(=O)(=O)c3ccc(F)cc3)sc2c1. The number of anilines is 1. The number of sulfone groups is 1. The molecule has 0 aliphatic carbocycles. The molecule has 0 radical (unpaired) electrons. The van der Waals surface area contributed by atoms with Gasteiger partial charge in [0.1, 0.15) is 11.6 Å². The van der Waals surface area contributed by atoms with Crippen molar-refractivity contribution in [1.82, 2.24) is 9.29 Å². The first-order valence-corrected chi connectivity index (χ1v) is 12.0. The zero-order chi connectivity index (χ0) is 21.4. The summed E-state index contributed by atoms with van der Waals surface area (Å²) in [6.45, 7) is 0. The van der Waals surface area contributed by atoms with Crippen molar-refractivity contribution < 1.29 is 26.0 Å². The van der Waals surface area contributed by atoms with E-state index in [1.54, 1.807) is 0 Å². The highest BCUT2D eigenvalue weighted by atomic mass is 32.2. The normalized spacial score (nSPS) is 12.4. The third kappa shape index (κ3) is 4.61. The Morgan fingerprint density at radius 1 is 1.07 bits per heavy atom. The van der Waals surface area contributed by atoms with Crippen molar-refractivity contribution >= 4 is 52.5 Å². The summed E-state index contributed by atoms with van der Waals surface area (Å²) in [6.07, 6.45) is 0. The number of carbonyl (C=O) groups is 1. The second-order valence-electron chi connectivity index (χ2n) is 6.20. The molecule has 0 aliphatic heterocycles. The standard InChI is InChI=1S/C17H16FN3O5S3/c1-21(2)29(25,26)13-7-8-14-15(9-13)27-17(19-14)20-16(22)10-28(23,24)12-5-3-11(18)4-6-12/h3-9H,10H2,1-2H3,(H,19,20,22). The van der Waals surface area contributed by atoms with Gasteiger partial charge in [0.05, 0.1) is 20.0 Å². The lowest BCUT2D eigenvalue weighted by molar-refractivity contribution is -0.113. The molecule has 1 N–H and O–H groups in total. The minimum absolute atomic E-state index is 0.0791. The molecule has 3 aromatic rings. The first-order chi connectivity index (χ1) is 13.5. The number of fused-ring (bicyclic) bond motifs is 1. The van der Waals surface area contributed by atoms with Crippen molar-refractivity contribution in [2.45, 2.75) is 9.79 Å². The minimum Gasteiger partial charge on any atom is -0.301 e. The molecule has 1 amide bonds. The van der Waals surface area contributed by atoms with Crippen molar-refractivity contribution in [3.63, 3.8) is 0 Å². The predicted molar refractivity (Wildman–Crippen MR) is 108 cm³/mol. The zero-order valence-electron chi connectivity index (χ0n) is 15.3. The van der Waals surface area contributed by atoms with E-state index in [1.807, 2.05) is 0 Å². The van der Waals surface area contributed by atoms with Gasteiger partial charge < -0.3 is 5.32 Å². The van der Waals surface area contributed by atoms with Gasteiger partial charge in [-0.25, -0.2) is 30.5 Å². The molecule has 29 heavy (non-hydrogen) atoms. The third-order valence-electron chi connectivity index (χ3n) is 3.88. The van der Waals surface area contributed by atoms with E-state index in [0.29, 0.717) is 10.2 Å². The molecule has 0 spiro atoms. The average Bonchev–Trinajstić information content (AvgIpc) is 3.02. The van der Waals surface area contributed by atoms with Gasteiger partial charge in [0.2, 0.25) is 15.9 Å². The maximum Gasteiger partial charge on any atom is 0.242 e. The lowest BCUT2D eigenvalue weighted by atomic mass is 10.3. The van der Waals surface area contributed by atoms with Gasteiger partial charge in [0.25, 0.3) is 0 Å². The fraction of sp³-hybridized carbons (Fsp3) is 0.176. The lowest BCUT2D eigenvalue weighted by Crippen LogP contribution is -2.22. The van der Waals surface area contributed by atoms with Gasteiger partial charge in [-0.1, -0.05) is 11.3 Å². The summed E-state index contributed by atoms with van der Waals surface area (Å²) < 4.78 is 63.5. The zero-order valence-corrected chi connectivity index (χ0v) is 17.7. The highest BCUT2D eigenvalue weighted by Crippen LogP contribution is 2.29. The Kier molecular flexibility index (Phi) is 5.72. The molecule has 0 saturated carbocycles. The van der Waals surface area contributed by atoms with Gasteiger partial charge in [-0.05, 0) is 42.5 Å². The first-order valence-electron chi connectivity index (χ1n) is 8.10. The van der Waals surface area contributed by atoms with Crippen molar-refractivity contribution in [3.8, 4) is 0 Å². The summed E-state index contributed by atoms with van der Waals surface area (Å²) in [5.74, 6) is -2.23. The number of nitrogens with one attached hydrogen (secondary N) is 1. The Labute approximate surface area is 171 Å². The second kappa shape index (κ2) is 7.78. The molecule has 3 rings (SSSR count). The molecule has 1 heterocycles. The monoisotopic (exact) mass is 457 g/mol. The molecule has 0 fully saturated rings. The van der Waals surface area contributed by atoms with Gasteiger partial charge in [-0.15, -0.1) is 0 Å². The van der Waals surface area contributed by atoms with Crippen LogP contribution in [-0.2, 0) is 24.7 Å². The maximum atomic E-state index is 13.0. The molecule has 0 aliphatic rings. The molecule has 154 valence electrons. The average molecular weight is 458 g/mol. The van der Waals surface area contributed by atoms with Crippen LogP contribution in [0, 0.1) is 5.82 Å². The Hall–Kier alpha value is -2.41. The number of nitrogens with zero attached hydrogens (tertiary/aromatic N) is 2. The number of benzene rings is 2. The van der Waals surface area contributed by atoms with E-state index in [0.717, 1.165) is 39.9 Å². The topological polar surface area (TPSA) is 114 Å². The summed E-state index contributed by atoms with van der Waals surface area (Å²) in [5.41, 5.74) is 0.462. The summed E-state index contributed by atoms with van der Waals surface area (Å²) in [6, 6.07) is 8.52. The molecule has 0 bridgehead atoms. The molecule has 0 saturated heterocycles. The number of thiazole rings is 1. The molecule has 1 aromatic heterocycles. The molecule has 0 unspecified atom stereocenters. The summed E-state index contributed by atoms with van der Waals surface area (Å²) >= 11 is 1.02. The van der Waals surface area contributed by atoms with Crippen LogP contribution < -0.4 is 5.32 Å². The number of hydrogen-bond donors (Lipinski definition) is 1. The number of carbonyl (C=O) groups excluding carboxylic acids is 1. The van der Waals surface area contributed by atoms with Gasteiger partial charge in [0.15, 0.2) is 15.0 Å². The minimum atomic E-state index is -3.95. The summed E-state index contributed by atoms with van der Waals surface area (Å²) in [4.78, 5) is 16.2. The Morgan fingerprint density at radius 2 is 1.69 bits per heavy atom. The molecular weight excluding hydrogens is 441 g/mol. The number of amides is 1. The van der Waals surface area contributed by atoms with Crippen LogP contribution in [0.1, 0.15) is 0 Å².